The number of hydrogen-bond donors (Lipinski definition) is 0. The first kappa shape index (κ1) is 16.1. The molecule has 0 N–H and O–H groups in total. The molecule has 4 aromatic rings. The van der Waals surface area contributed by atoms with Gasteiger partial charge >= 0.3 is 0 Å². The molecule has 2 aromatic heterocycles. The molecule has 0 spiro atoms. The molecule has 2 aromatic carbocycles. The maximum atomic E-state index is 6.03. The fourth-order valence-electron chi connectivity index (χ4n) is 3.01. The van der Waals surface area contributed by atoms with Gasteiger partial charge in [0.05, 0.1) is 17.3 Å². The summed E-state index contributed by atoms with van der Waals surface area (Å²) in [6.45, 7) is 0.529. The zero-order valence-corrected chi connectivity index (χ0v) is 15.2. The summed E-state index contributed by atoms with van der Waals surface area (Å²) in [5.74, 6) is 2.32. The first-order valence-electron chi connectivity index (χ1n) is 8.64. The summed E-state index contributed by atoms with van der Waals surface area (Å²) in [5.41, 5.74) is 1.77. The predicted molar refractivity (Wildman–Crippen MR) is 104 cm³/mol. The molecule has 0 fully saturated rings. The normalized spacial score (nSPS) is 15.8. The van der Waals surface area contributed by atoms with Crippen molar-refractivity contribution >= 4 is 22.8 Å². The van der Waals surface area contributed by atoms with Crippen molar-refractivity contribution in [2.75, 3.05) is 12.4 Å². The van der Waals surface area contributed by atoms with Crippen LogP contribution in [0.1, 0.15) is 0 Å². The average molecular weight is 376 g/mol. The van der Waals surface area contributed by atoms with Crippen molar-refractivity contribution in [3.8, 4) is 17.2 Å². The minimum atomic E-state index is -0.0286. The van der Waals surface area contributed by atoms with E-state index in [4.69, 9.17) is 9.47 Å². The third kappa shape index (κ3) is 3.10. The van der Waals surface area contributed by atoms with E-state index in [1.165, 1.54) is 0 Å². The van der Waals surface area contributed by atoms with Gasteiger partial charge in [0.15, 0.2) is 17.1 Å². The first-order valence-corrected chi connectivity index (χ1v) is 9.62. The van der Waals surface area contributed by atoms with E-state index in [-0.39, 0.29) is 6.10 Å². The van der Waals surface area contributed by atoms with E-state index in [2.05, 4.69) is 15.1 Å². The Bertz CT molecular complexity index is 1080. The highest BCUT2D eigenvalue weighted by molar-refractivity contribution is 7.99. The lowest BCUT2D eigenvalue weighted by molar-refractivity contribution is 0.107. The zero-order valence-electron chi connectivity index (χ0n) is 14.4. The summed E-state index contributed by atoms with van der Waals surface area (Å²) in [6.07, 6.45) is 3.37. The van der Waals surface area contributed by atoms with Crippen molar-refractivity contribution in [1.82, 2.24) is 19.7 Å². The van der Waals surface area contributed by atoms with E-state index in [0.717, 1.165) is 39.0 Å². The van der Waals surface area contributed by atoms with Crippen LogP contribution in [0.4, 0.5) is 0 Å². The molecule has 1 aliphatic rings. The predicted octanol–water partition coefficient (Wildman–Crippen LogP) is 3.75. The van der Waals surface area contributed by atoms with E-state index >= 15 is 0 Å². The molecule has 1 atom stereocenters. The largest absolute Gasteiger partial charge is 0.486 e. The van der Waals surface area contributed by atoms with Gasteiger partial charge in [-0.1, -0.05) is 30.3 Å². The molecule has 0 radical (unpaired) electrons. The van der Waals surface area contributed by atoms with Crippen LogP contribution in [0, 0.1) is 0 Å². The maximum Gasteiger partial charge on any atom is 0.167 e. The van der Waals surface area contributed by atoms with Crippen molar-refractivity contribution in [2.45, 2.75) is 11.1 Å². The Kier molecular flexibility index (Phi) is 4.14. The molecular formula is C20H16N4O2S. The second-order valence-electron chi connectivity index (χ2n) is 6.12. The molecule has 0 saturated carbocycles. The molecule has 27 heavy (non-hydrogen) atoms. The van der Waals surface area contributed by atoms with Crippen LogP contribution in [0.5, 0.6) is 11.5 Å². The fourth-order valence-corrected chi connectivity index (χ4v) is 3.94. The van der Waals surface area contributed by atoms with Gasteiger partial charge in [-0.2, -0.15) is 5.10 Å². The van der Waals surface area contributed by atoms with Crippen molar-refractivity contribution in [3.63, 3.8) is 0 Å². The highest BCUT2D eigenvalue weighted by Crippen LogP contribution is 2.33. The van der Waals surface area contributed by atoms with Crippen LogP contribution >= 0.6 is 11.8 Å². The summed E-state index contributed by atoms with van der Waals surface area (Å²) in [4.78, 5) is 8.87. The van der Waals surface area contributed by atoms with E-state index < -0.39 is 0 Å². The third-order valence-corrected chi connectivity index (χ3v) is 5.44. The number of thioether (sulfide) groups is 1. The number of hydrogen-bond acceptors (Lipinski definition) is 6. The fraction of sp³-hybridized carbons (Fsp3) is 0.150. The van der Waals surface area contributed by atoms with Gasteiger partial charge in [-0.15, -0.1) is 11.8 Å². The maximum absolute atomic E-state index is 6.03. The molecule has 0 aliphatic carbocycles. The smallest absolute Gasteiger partial charge is 0.167 e. The number of benzene rings is 2. The lowest BCUT2D eigenvalue weighted by Crippen LogP contribution is -2.31. The monoisotopic (exact) mass is 376 g/mol. The summed E-state index contributed by atoms with van der Waals surface area (Å²) in [7, 11) is 0. The molecule has 0 unspecified atom stereocenters. The van der Waals surface area contributed by atoms with Crippen molar-refractivity contribution in [2.24, 2.45) is 0 Å². The van der Waals surface area contributed by atoms with Gasteiger partial charge in [-0.3, -0.25) is 0 Å². The Balaban J connectivity index is 1.36. The molecule has 134 valence electrons. The second-order valence-corrected chi connectivity index (χ2v) is 7.13. The van der Waals surface area contributed by atoms with Crippen LogP contribution in [0.15, 0.2) is 72.1 Å². The zero-order chi connectivity index (χ0) is 18.1. The van der Waals surface area contributed by atoms with Crippen LogP contribution in [-0.4, -0.2) is 38.2 Å². The molecule has 3 heterocycles. The molecule has 0 bridgehead atoms. The minimum Gasteiger partial charge on any atom is -0.486 e. The quantitative estimate of drug-likeness (QED) is 0.399. The molecule has 5 rings (SSSR count). The second kappa shape index (κ2) is 6.92. The standard InChI is InChI=1S/C20H16N4O2S/c1-2-6-14(7-3-1)24-19-16(10-23-24)20(22-13-21-19)27-12-15-11-25-17-8-4-5-9-18(17)26-15/h1-10,13,15H,11-12H2/t15-/m1/s1. The molecule has 7 heteroatoms. The topological polar surface area (TPSA) is 62.1 Å². The Labute approximate surface area is 160 Å². The van der Waals surface area contributed by atoms with Gasteiger partial charge in [-0.25, -0.2) is 14.6 Å². The SMILES string of the molecule is c1ccc(-n2ncc3c(SC[C@H]4COc5ccccc5O4)ncnc32)cc1. The highest BCUT2D eigenvalue weighted by Gasteiger charge is 2.21. The summed E-state index contributed by atoms with van der Waals surface area (Å²) >= 11 is 1.63. The van der Waals surface area contributed by atoms with E-state index in [9.17, 15) is 0 Å². The Hall–Kier alpha value is -3.06. The summed E-state index contributed by atoms with van der Waals surface area (Å²) in [5, 5.41) is 6.32. The van der Waals surface area contributed by atoms with Crippen molar-refractivity contribution in [1.29, 1.82) is 0 Å². The van der Waals surface area contributed by atoms with E-state index in [0.29, 0.717) is 6.61 Å². The first-order chi connectivity index (χ1) is 13.4. The van der Waals surface area contributed by atoms with Gasteiger partial charge in [0.1, 0.15) is 24.1 Å². The molecule has 0 saturated heterocycles. The number of fused-ring (bicyclic) bond motifs is 2. The van der Waals surface area contributed by atoms with Crippen LogP contribution in [0.2, 0.25) is 0 Å². The van der Waals surface area contributed by atoms with Crippen LogP contribution in [-0.2, 0) is 0 Å². The lowest BCUT2D eigenvalue weighted by atomic mass is 10.3. The van der Waals surface area contributed by atoms with Crippen LogP contribution < -0.4 is 9.47 Å². The van der Waals surface area contributed by atoms with Gasteiger partial charge in [0.25, 0.3) is 0 Å². The van der Waals surface area contributed by atoms with Gasteiger partial charge in [0, 0.05) is 5.75 Å². The number of nitrogens with zero attached hydrogens (tertiary/aromatic N) is 4. The molecule has 6 nitrogen and oxygen atoms in total. The lowest BCUT2D eigenvalue weighted by Gasteiger charge is -2.26. The molecule has 0 amide bonds. The molecule has 1 aliphatic heterocycles. The number of rotatable bonds is 4. The van der Waals surface area contributed by atoms with Crippen LogP contribution in [0.25, 0.3) is 16.7 Å². The Morgan fingerprint density at radius 3 is 2.70 bits per heavy atom. The summed E-state index contributed by atoms with van der Waals surface area (Å²) < 4.78 is 13.6. The van der Waals surface area contributed by atoms with Gasteiger partial charge in [-0.05, 0) is 24.3 Å². The third-order valence-electron chi connectivity index (χ3n) is 4.30. The highest BCUT2D eigenvalue weighted by atomic mass is 32.2. The van der Waals surface area contributed by atoms with E-state index in [1.54, 1.807) is 18.1 Å². The van der Waals surface area contributed by atoms with Gasteiger partial charge < -0.3 is 9.47 Å². The van der Waals surface area contributed by atoms with E-state index in [1.807, 2.05) is 65.5 Å². The number of para-hydroxylation sites is 3. The van der Waals surface area contributed by atoms with Gasteiger partial charge in [0.2, 0.25) is 0 Å². The number of aromatic nitrogens is 4. The number of ether oxygens (including phenoxy) is 2. The van der Waals surface area contributed by atoms with Crippen LogP contribution in [0.3, 0.4) is 0 Å². The Morgan fingerprint density at radius 1 is 1.00 bits per heavy atom. The molecular weight excluding hydrogens is 360 g/mol. The van der Waals surface area contributed by atoms with Crippen molar-refractivity contribution < 1.29 is 9.47 Å². The minimum absolute atomic E-state index is 0.0286. The average Bonchev–Trinajstić information content (AvgIpc) is 3.17. The Morgan fingerprint density at radius 2 is 1.81 bits per heavy atom. The summed E-state index contributed by atoms with van der Waals surface area (Å²) in [6, 6.07) is 17.7. The van der Waals surface area contributed by atoms with Crippen molar-refractivity contribution in [3.05, 3.63) is 67.1 Å².